The van der Waals surface area contributed by atoms with Crippen LogP contribution in [0.2, 0.25) is 0 Å². The second-order valence-corrected chi connectivity index (χ2v) is 5.82. The third-order valence-electron chi connectivity index (χ3n) is 3.36. The number of ether oxygens (including phenoxy) is 1. The molecule has 6 heteroatoms. The molecule has 1 amide bonds. The maximum absolute atomic E-state index is 13.0. The largest absolute Gasteiger partial charge is 0.480 e. The molecular weight excluding hydrogens is 327 g/mol. The van der Waals surface area contributed by atoms with Crippen LogP contribution in [-0.2, 0) is 4.79 Å². The average Bonchev–Trinajstić information content (AvgIpc) is 2.42. The van der Waals surface area contributed by atoms with E-state index in [4.69, 9.17) is 4.74 Å². The molecule has 110 valence electrons. The maximum Gasteiger partial charge on any atom is 0.263 e. The Balaban J connectivity index is 1.97. The van der Waals surface area contributed by atoms with Crippen LogP contribution in [0.4, 0.5) is 4.39 Å². The molecule has 1 aliphatic heterocycles. The van der Waals surface area contributed by atoms with Gasteiger partial charge in [0.05, 0.1) is 4.47 Å². The molecule has 0 aliphatic carbocycles. The molecule has 1 aromatic carbocycles. The molecule has 0 N–H and O–H groups in total. The Kier molecular flexibility index (Phi) is 4.99. The van der Waals surface area contributed by atoms with Gasteiger partial charge in [0, 0.05) is 26.2 Å². The molecule has 1 aromatic rings. The molecule has 0 bridgehead atoms. The number of carbonyl (C=O) groups excluding carboxylic acids is 1. The summed E-state index contributed by atoms with van der Waals surface area (Å²) in [6.07, 6.45) is -0.583. The van der Waals surface area contributed by atoms with Crippen LogP contribution >= 0.6 is 15.9 Å². The lowest BCUT2D eigenvalue weighted by Crippen LogP contribution is -2.50. The van der Waals surface area contributed by atoms with E-state index < -0.39 is 6.10 Å². The minimum absolute atomic E-state index is 0.0330. The van der Waals surface area contributed by atoms with Gasteiger partial charge in [-0.15, -0.1) is 0 Å². The van der Waals surface area contributed by atoms with E-state index in [1.165, 1.54) is 18.2 Å². The first-order chi connectivity index (χ1) is 9.47. The molecule has 20 heavy (non-hydrogen) atoms. The van der Waals surface area contributed by atoms with E-state index >= 15 is 0 Å². The fourth-order valence-corrected chi connectivity index (χ4v) is 2.54. The Labute approximate surface area is 126 Å². The van der Waals surface area contributed by atoms with Crippen molar-refractivity contribution in [2.24, 2.45) is 0 Å². The molecule has 1 saturated heterocycles. The standard InChI is InChI=1S/C14H18BrFN2O2/c1-10(14(19)18-7-5-17(2)6-8-18)20-13-4-3-11(16)9-12(13)15/h3-4,9-10H,5-8H2,1-2H3. The second kappa shape index (κ2) is 6.54. The molecule has 0 radical (unpaired) electrons. The van der Waals surface area contributed by atoms with Crippen molar-refractivity contribution in [3.05, 3.63) is 28.5 Å². The van der Waals surface area contributed by atoms with E-state index in [1.807, 2.05) is 11.9 Å². The number of carbonyl (C=O) groups is 1. The molecule has 0 spiro atoms. The van der Waals surface area contributed by atoms with Gasteiger partial charge < -0.3 is 14.5 Å². The van der Waals surface area contributed by atoms with Crippen LogP contribution in [0.3, 0.4) is 0 Å². The summed E-state index contributed by atoms with van der Waals surface area (Å²) in [5.74, 6) is 0.0953. The minimum Gasteiger partial charge on any atom is -0.480 e. The number of hydrogen-bond acceptors (Lipinski definition) is 3. The Morgan fingerprint density at radius 3 is 2.60 bits per heavy atom. The predicted molar refractivity (Wildman–Crippen MR) is 78.3 cm³/mol. The zero-order valence-corrected chi connectivity index (χ0v) is 13.2. The molecule has 1 aliphatic rings. The van der Waals surface area contributed by atoms with Gasteiger partial charge in [-0.3, -0.25) is 4.79 Å². The molecule has 4 nitrogen and oxygen atoms in total. The molecule has 1 fully saturated rings. The predicted octanol–water partition coefficient (Wildman–Crippen LogP) is 2.13. The van der Waals surface area contributed by atoms with E-state index in [0.29, 0.717) is 23.3 Å². The molecule has 1 heterocycles. The fourth-order valence-electron chi connectivity index (χ4n) is 2.10. The summed E-state index contributed by atoms with van der Waals surface area (Å²) in [7, 11) is 2.04. The highest BCUT2D eigenvalue weighted by Gasteiger charge is 2.25. The van der Waals surface area contributed by atoms with Crippen molar-refractivity contribution in [1.29, 1.82) is 0 Å². The van der Waals surface area contributed by atoms with Crippen molar-refractivity contribution in [3.63, 3.8) is 0 Å². The monoisotopic (exact) mass is 344 g/mol. The highest BCUT2D eigenvalue weighted by atomic mass is 79.9. The molecule has 2 rings (SSSR count). The van der Waals surface area contributed by atoms with Crippen LogP contribution in [0.1, 0.15) is 6.92 Å². The molecule has 1 unspecified atom stereocenters. The van der Waals surface area contributed by atoms with Crippen LogP contribution in [-0.4, -0.2) is 55.0 Å². The summed E-state index contributed by atoms with van der Waals surface area (Å²) in [4.78, 5) is 16.3. The van der Waals surface area contributed by atoms with Gasteiger partial charge in [0.25, 0.3) is 5.91 Å². The van der Waals surface area contributed by atoms with Crippen LogP contribution < -0.4 is 4.74 Å². The van der Waals surface area contributed by atoms with Gasteiger partial charge in [0.2, 0.25) is 0 Å². The Morgan fingerprint density at radius 2 is 2.00 bits per heavy atom. The van der Waals surface area contributed by atoms with E-state index in [-0.39, 0.29) is 11.7 Å². The summed E-state index contributed by atoms with van der Waals surface area (Å²) in [5, 5.41) is 0. The average molecular weight is 345 g/mol. The summed E-state index contributed by atoms with van der Waals surface area (Å²) in [6.45, 7) is 4.90. The van der Waals surface area contributed by atoms with E-state index in [1.54, 1.807) is 6.92 Å². The smallest absolute Gasteiger partial charge is 0.263 e. The lowest BCUT2D eigenvalue weighted by Gasteiger charge is -2.33. The third kappa shape index (κ3) is 3.70. The van der Waals surface area contributed by atoms with Crippen molar-refractivity contribution in [2.45, 2.75) is 13.0 Å². The normalized spacial score (nSPS) is 17.9. The summed E-state index contributed by atoms with van der Waals surface area (Å²) < 4.78 is 19.1. The second-order valence-electron chi connectivity index (χ2n) is 4.96. The number of piperazine rings is 1. The van der Waals surface area contributed by atoms with Gasteiger partial charge in [-0.1, -0.05) is 0 Å². The van der Waals surface area contributed by atoms with Gasteiger partial charge in [-0.2, -0.15) is 0 Å². The quantitative estimate of drug-likeness (QED) is 0.842. The van der Waals surface area contributed by atoms with Gasteiger partial charge in [-0.25, -0.2) is 4.39 Å². The number of benzene rings is 1. The van der Waals surface area contributed by atoms with Gasteiger partial charge in [0.15, 0.2) is 6.10 Å². The van der Waals surface area contributed by atoms with Crippen molar-refractivity contribution < 1.29 is 13.9 Å². The first-order valence-corrected chi connectivity index (χ1v) is 7.35. The lowest BCUT2D eigenvalue weighted by atomic mass is 10.2. The number of amides is 1. The Morgan fingerprint density at radius 1 is 1.35 bits per heavy atom. The fraction of sp³-hybridized carbons (Fsp3) is 0.500. The molecular formula is C14H18BrFN2O2. The minimum atomic E-state index is -0.583. The van der Waals surface area contributed by atoms with Crippen molar-refractivity contribution in [1.82, 2.24) is 9.80 Å². The summed E-state index contributed by atoms with van der Waals surface area (Å²) in [5.41, 5.74) is 0. The van der Waals surface area contributed by atoms with E-state index in [9.17, 15) is 9.18 Å². The Bertz CT molecular complexity index is 490. The molecule has 0 aromatic heterocycles. The SMILES string of the molecule is CC(Oc1ccc(F)cc1Br)C(=O)N1CCN(C)CC1. The van der Waals surface area contributed by atoms with Crippen LogP contribution in [0.15, 0.2) is 22.7 Å². The van der Waals surface area contributed by atoms with Crippen LogP contribution in [0.25, 0.3) is 0 Å². The number of likely N-dealkylation sites (N-methyl/N-ethyl adjacent to an activating group) is 1. The van der Waals surface area contributed by atoms with Gasteiger partial charge in [-0.05, 0) is 48.1 Å². The van der Waals surface area contributed by atoms with Crippen molar-refractivity contribution >= 4 is 21.8 Å². The number of nitrogens with zero attached hydrogens (tertiary/aromatic N) is 2. The molecule has 0 saturated carbocycles. The third-order valence-corrected chi connectivity index (χ3v) is 3.98. The van der Waals surface area contributed by atoms with Crippen LogP contribution in [0.5, 0.6) is 5.75 Å². The first kappa shape index (κ1) is 15.3. The van der Waals surface area contributed by atoms with Crippen molar-refractivity contribution in [3.8, 4) is 5.75 Å². The zero-order valence-electron chi connectivity index (χ0n) is 11.6. The van der Waals surface area contributed by atoms with Gasteiger partial charge >= 0.3 is 0 Å². The summed E-state index contributed by atoms with van der Waals surface area (Å²) in [6, 6.07) is 4.16. The maximum atomic E-state index is 13.0. The molecule has 1 atom stereocenters. The van der Waals surface area contributed by atoms with E-state index in [2.05, 4.69) is 20.8 Å². The lowest BCUT2D eigenvalue weighted by molar-refractivity contribution is -0.139. The van der Waals surface area contributed by atoms with Gasteiger partial charge in [0.1, 0.15) is 11.6 Å². The topological polar surface area (TPSA) is 32.8 Å². The highest BCUT2D eigenvalue weighted by molar-refractivity contribution is 9.10. The summed E-state index contributed by atoms with van der Waals surface area (Å²) >= 11 is 3.23. The van der Waals surface area contributed by atoms with Crippen LogP contribution in [0, 0.1) is 5.82 Å². The van der Waals surface area contributed by atoms with E-state index in [0.717, 1.165) is 13.1 Å². The highest BCUT2D eigenvalue weighted by Crippen LogP contribution is 2.26. The zero-order chi connectivity index (χ0) is 14.7. The Hall–Kier alpha value is -1.14. The van der Waals surface area contributed by atoms with Crippen molar-refractivity contribution in [2.75, 3.05) is 33.2 Å². The number of hydrogen-bond donors (Lipinski definition) is 0. The first-order valence-electron chi connectivity index (χ1n) is 6.56. The number of halogens is 2. The number of rotatable bonds is 3.